The van der Waals surface area contributed by atoms with Crippen molar-refractivity contribution >= 4 is 27.5 Å². The van der Waals surface area contributed by atoms with Gasteiger partial charge in [-0.05, 0) is 34.1 Å². The van der Waals surface area contributed by atoms with E-state index >= 15 is 0 Å². The van der Waals surface area contributed by atoms with Crippen LogP contribution in [0.4, 0.5) is 10.1 Å². The van der Waals surface area contributed by atoms with Gasteiger partial charge in [0.25, 0.3) is 0 Å². The number of hydrogen-bond donors (Lipinski definition) is 0. The number of anilines is 1. The predicted octanol–water partition coefficient (Wildman–Crippen LogP) is 3.13. The molecule has 0 saturated carbocycles. The quantitative estimate of drug-likeness (QED) is 0.764. The molecule has 1 aliphatic heterocycles. The van der Waals surface area contributed by atoms with Gasteiger partial charge in [-0.1, -0.05) is 6.08 Å². The molecule has 0 radical (unpaired) electrons. The third-order valence-electron chi connectivity index (χ3n) is 2.70. The summed E-state index contributed by atoms with van der Waals surface area (Å²) in [5.41, 5.74) is 0.725. The van der Waals surface area contributed by atoms with E-state index < -0.39 is 0 Å². The monoisotopic (exact) mass is 283 g/mol. The van der Waals surface area contributed by atoms with Crippen LogP contribution in [0.2, 0.25) is 0 Å². The van der Waals surface area contributed by atoms with Crippen LogP contribution in [0.1, 0.15) is 6.42 Å². The molecule has 1 unspecified atom stereocenters. The molecule has 1 aliphatic rings. The highest BCUT2D eigenvalue weighted by Crippen LogP contribution is 2.28. The average Bonchev–Trinajstić information content (AvgIpc) is 2.64. The first-order valence-electron chi connectivity index (χ1n) is 5.00. The Kier molecular flexibility index (Phi) is 3.10. The maximum Gasteiger partial charge on any atom is 0.227 e. The number of benzene rings is 1. The lowest BCUT2D eigenvalue weighted by molar-refractivity contribution is -0.117. The van der Waals surface area contributed by atoms with Gasteiger partial charge in [-0.3, -0.25) is 4.79 Å². The van der Waals surface area contributed by atoms with E-state index in [-0.39, 0.29) is 17.6 Å². The summed E-state index contributed by atoms with van der Waals surface area (Å²) in [6, 6.07) is 4.59. The highest BCUT2D eigenvalue weighted by atomic mass is 79.9. The number of carbonyl (C=O) groups excluding carboxylic acids is 1. The molecule has 1 amide bonds. The lowest BCUT2D eigenvalue weighted by Crippen LogP contribution is -2.24. The van der Waals surface area contributed by atoms with Crippen molar-refractivity contribution in [2.24, 2.45) is 5.92 Å². The topological polar surface area (TPSA) is 20.3 Å². The van der Waals surface area contributed by atoms with Crippen LogP contribution in [-0.4, -0.2) is 12.5 Å². The summed E-state index contributed by atoms with van der Waals surface area (Å²) in [6.07, 6.45) is 2.27. The molecular formula is C12H11BrFNO. The maximum atomic E-state index is 13.1. The Labute approximate surface area is 102 Å². The molecule has 1 heterocycles. The molecular weight excluding hydrogens is 273 g/mol. The molecule has 0 bridgehead atoms. The van der Waals surface area contributed by atoms with Crippen molar-refractivity contribution in [1.82, 2.24) is 0 Å². The van der Waals surface area contributed by atoms with Crippen molar-refractivity contribution in [2.75, 3.05) is 11.4 Å². The molecule has 4 heteroatoms. The molecule has 1 atom stereocenters. The third-order valence-corrected chi connectivity index (χ3v) is 3.31. The molecule has 0 aromatic heterocycles. The normalized spacial score (nSPS) is 20.2. The minimum atomic E-state index is -0.323. The molecule has 84 valence electrons. The zero-order valence-corrected chi connectivity index (χ0v) is 10.2. The number of nitrogens with zero attached hydrogens (tertiary/aromatic N) is 1. The number of hydrogen-bond acceptors (Lipinski definition) is 1. The van der Waals surface area contributed by atoms with Gasteiger partial charge < -0.3 is 4.90 Å². The van der Waals surface area contributed by atoms with Crippen LogP contribution < -0.4 is 4.90 Å². The van der Waals surface area contributed by atoms with E-state index in [0.717, 1.165) is 5.69 Å². The first-order chi connectivity index (χ1) is 7.61. The van der Waals surface area contributed by atoms with E-state index in [1.54, 1.807) is 23.1 Å². The summed E-state index contributed by atoms with van der Waals surface area (Å²) >= 11 is 3.11. The molecule has 1 aromatic rings. The standard InChI is InChI=1S/C12H11BrFNO/c1-2-8-5-12(16)15(7-8)9-3-4-11(14)10(13)6-9/h2-4,6,8H,1,5,7H2. The first-order valence-corrected chi connectivity index (χ1v) is 5.79. The molecule has 1 saturated heterocycles. The van der Waals surface area contributed by atoms with Crippen LogP contribution in [0, 0.1) is 11.7 Å². The van der Waals surface area contributed by atoms with Crippen molar-refractivity contribution in [2.45, 2.75) is 6.42 Å². The largest absolute Gasteiger partial charge is 0.312 e. The average molecular weight is 284 g/mol. The predicted molar refractivity (Wildman–Crippen MR) is 64.8 cm³/mol. The number of rotatable bonds is 2. The summed E-state index contributed by atoms with van der Waals surface area (Å²) in [4.78, 5) is 13.4. The molecule has 1 fully saturated rings. The van der Waals surface area contributed by atoms with E-state index in [1.165, 1.54) is 6.07 Å². The summed E-state index contributed by atoms with van der Waals surface area (Å²) in [5.74, 6) is -0.0737. The van der Waals surface area contributed by atoms with Gasteiger partial charge in [-0.2, -0.15) is 0 Å². The van der Waals surface area contributed by atoms with Gasteiger partial charge in [0.1, 0.15) is 5.82 Å². The molecule has 1 aromatic carbocycles. The Morgan fingerprint density at radius 3 is 2.88 bits per heavy atom. The first kappa shape index (κ1) is 11.3. The Bertz CT molecular complexity index is 447. The second-order valence-electron chi connectivity index (χ2n) is 3.80. The lowest BCUT2D eigenvalue weighted by atomic mass is 10.1. The zero-order valence-electron chi connectivity index (χ0n) is 8.62. The summed E-state index contributed by atoms with van der Waals surface area (Å²) in [6.45, 7) is 4.31. The molecule has 2 nitrogen and oxygen atoms in total. The minimum Gasteiger partial charge on any atom is -0.312 e. The number of halogens is 2. The van der Waals surface area contributed by atoms with Crippen LogP contribution in [0.25, 0.3) is 0 Å². The SMILES string of the molecule is C=CC1CC(=O)N(c2ccc(F)c(Br)c2)C1. The van der Waals surface area contributed by atoms with E-state index in [1.807, 2.05) is 0 Å². The summed E-state index contributed by atoms with van der Waals surface area (Å²) in [5, 5.41) is 0. The van der Waals surface area contributed by atoms with Crippen molar-refractivity contribution < 1.29 is 9.18 Å². The van der Waals surface area contributed by atoms with Crippen LogP contribution >= 0.6 is 15.9 Å². The second-order valence-corrected chi connectivity index (χ2v) is 4.66. The van der Waals surface area contributed by atoms with Crippen LogP contribution in [0.3, 0.4) is 0 Å². The van der Waals surface area contributed by atoms with E-state index in [4.69, 9.17) is 0 Å². The fourth-order valence-electron chi connectivity index (χ4n) is 1.80. The van der Waals surface area contributed by atoms with Crippen molar-refractivity contribution in [3.05, 3.63) is 41.1 Å². The van der Waals surface area contributed by atoms with E-state index in [0.29, 0.717) is 17.4 Å². The van der Waals surface area contributed by atoms with Crippen molar-refractivity contribution in [1.29, 1.82) is 0 Å². The molecule has 16 heavy (non-hydrogen) atoms. The highest BCUT2D eigenvalue weighted by Gasteiger charge is 2.28. The highest BCUT2D eigenvalue weighted by molar-refractivity contribution is 9.10. The van der Waals surface area contributed by atoms with Crippen LogP contribution in [0.5, 0.6) is 0 Å². The van der Waals surface area contributed by atoms with Crippen LogP contribution in [-0.2, 0) is 4.79 Å². The summed E-state index contributed by atoms with van der Waals surface area (Å²) in [7, 11) is 0. The van der Waals surface area contributed by atoms with Gasteiger partial charge >= 0.3 is 0 Å². The van der Waals surface area contributed by atoms with Gasteiger partial charge in [0.05, 0.1) is 4.47 Å². The fourth-order valence-corrected chi connectivity index (χ4v) is 2.16. The van der Waals surface area contributed by atoms with Crippen molar-refractivity contribution in [3.8, 4) is 0 Å². The van der Waals surface area contributed by atoms with Gasteiger partial charge in [0.15, 0.2) is 0 Å². The molecule has 0 aliphatic carbocycles. The van der Waals surface area contributed by atoms with Crippen molar-refractivity contribution in [3.63, 3.8) is 0 Å². The number of amides is 1. The third kappa shape index (κ3) is 2.02. The Balaban J connectivity index is 2.27. The smallest absolute Gasteiger partial charge is 0.227 e. The van der Waals surface area contributed by atoms with E-state index in [9.17, 15) is 9.18 Å². The van der Waals surface area contributed by atoms with Gasteiger partial charge in [0, 0.05) is 24.6 Å². The van der Waals surface area contributed by atoms with Gasteiger partial charge in [-0.15, -0.1) is 6.58 Å². The van der Waals surface area contributed by atoms with E-state index in [2.05, 4.69) is 22.5 Å². The lowest BCUT2D eigenvalue weighted by Gasteiger charge is -2.16. The fraction of sp³-hybridized carbons (Fsp3) is 0.250. The maximum absolute atomic E-state index is 13.1. The minimum absolute atomic E-state index is 0.0587. The molecule has 2 rings (SSSR count). The summed E-state index contributed by atoms with van der Waals surface area (Å²) < 4.78 is 13.4. The Hall–Kier alpha value is -1.16. The van der Waals surface area contributed by atoms with Crippen LogP contribution in [0.15, 0.2) is 35.3 Å². The second kappa shape index (κ2) is 4.37. The van der Waals surface area contributed by atoms with Gasteiger partial charge in [-0.25, -0.2) is 4.39 Å². The zero-order chi connectivity index (χ0) is 11.7. The molecule has 0 N–H and O–H groups in total. The van der Waals surface area contributed by atoms with Gasteiger partial charge in [0.2, 0.25) is 5.91 Å². The Morgan fingerprint density at radius 1 is 1.56 bits per heavy atom. The number of carbonyl (C=O) groups is 1. The Morgan fingerprint density at radius 2 is 2.31 bits per heavy atom. The molecule has 0 spiro atoms.